The summed E-state index contributed by atoms with van der Waals surface area (Å²) in [6.07, 6.45) is 0. The Hall–Kier alpha value is -6.58. The van der Waals surface area contributed by atoms with E-state index < -0.39 is 54.4 Å². The van der Waals surface area contributed by atoms with Gasteiger partial charge in [-0.3, -0.25) is 0 Å². The van der Waals surface area contributed by atoms with E-state index in [1.165, 1.54) is 0 Å². The Labute approximate surface area is 297 Å². The van der Waals surface area contributed by atoms with Crippen LogP contribution in [0.1, 0.15) is 12.3 Å². The van der Waals surface area contributed by atoms with Crippen molar-refractivity contribution in [2.24, 2.45) is 0 Å². The third-order valence-electron chi connectivity index (χ3n) is 8.45. The largest absolute Gasteiger partial charge is 0.452 e. The number of rotatable bonds is 6. The molecular weight excluding hydrogens is 597 g/mol. The van der Waals surface area contributed by atoms with E-state index in [4.69, 9.17) is 26.7 Å². The second-order valence-corrected chi connectivity index (χ2v) is 11.5. The Bertz CT molecular complexity index is 3060. The molecule has 0 unspecified atom stereocenters. The Morgan fingerprint density at radius 1 is 0.408 bits per heavy atom. The Balaban J connectivity index is 1.15. The van der Waals surface area contributed by atoms with Crippen LogP contribution < -0.4 is 0 Å². The standard InChI is InChI=1S/C46H30N2O/c1-4-12-31(13-5-1)33-22-24-34(25-23-33)36-18-10-19-37(28-36)38-20-11-21-40(29-38)46-47-43(35-16-8-3-9-17-35)45-44(48-46)41-27-26-39(30-42(41)49-45)32-14-6-2-7-15-32/h1-30H/i1D,4D,5D,12D,13D,22D,23D,24D,25D. The van der Waals surface area contributed by atoms with E-state index in [0.717, 1.165) is 38.8 Å². The second-order valence-electron chi connectivity index (χ2n) is 11.5. The van der Waals surface area contributed by atoms with E-state index in [2.05, 4.69) is 18.2 Å². The first kappa shape index (κ1) is 20.6. The molecule has 9 rings (SSSR count). The number of hydrogen-bond acceptors (Lipinski definition) is 3. The van der Waals surface area contributed by atoms with Crippen LogP contribution in [-0.4, -0.2) is 9.97 Å². The van der Waals surface area contributed by atoms with Gasteiger partial charge in [0.15, 0.2) is 11.4 Å². The fraction of sp³-hybridized carbons (Fsp3) is 0. The van der Waals surface area contributed by atoms with Crippen molar-refractivity contribution in [3.05, 3.63) is 182 Å². The lowest BCUT2D eigenvalue weighted by atomic mass is 9.96. The van der Waals surface area contributed by atoms with Crippen molar-refractivity contribution in [2.45, 2.75) is 0 Å². The summed E-state index contributed by atoms with van der Waals surface area (Å²) in [6, 6.07) is 36.0. The predicted octanol–water partition coefficient (Wildman–Crippen LogP) is 12.4. The third kappa shape index (κ3) is 5.48. The van der Waals surface area contributed by atoms with Gasteiger partial charge >= 0.3 is 0 Å². The lowest BCUT2D eigenvalue weighted by molar-refractivity contribution is 0.667. The van der Waals surface area contributed by atoms with Crippen LogP contribution in [0.2, 0.25) is 0 Å². The predicted molar refractivity (Wildman–Crippen MR) is 202 cm³/mol. The molecule has 0 aliphatic heterocycles. The molecule has 2 aromatic heterocycles. The van der Waals surface area contributed by atoms with Gasteiger partial charge in [0.05, 0.1) is 12.3 Å². The van der Waals surface area contributed by atoms with Gasteiger partial charge in [0.2, 0.25) is 0 Å². The van der Waals surface area contributed by atoms with Gasteiger partial charge in [-0.05, 0) is 68.8 Å². The van der Waals surface area contributed by atoms with Crippen LogP contribution in [0, 0.1) is 0 Å². The van der Waals surface area contributed by atoms with E-state index >= 15 is 0 Å². The smallest absolute Gasteiger partial charge is 0.180 e. The first-order chi connectivity index (χ1) is 28.0. The maximum absolute atomic E-state index is 8.96. The van der Waals surface area contributed by atoms with E-state index in [1.54, 1.807) is 18.2 Å². The van der Waals surface area contributed by atoms with Gasteiger partial charge in [0.1, 0.15) is 16.8 Å². The van der Waals surface area contributed by atoms with Gasteiger partial charge < -0.3 is 4.42 Å². The molecule has 49 heavy (non-hydrogen) atoms. The molecule has 230 valence electrons. The topological polar surface area (TPSA) is 38.9 Å². The van der Waals surface area contributed by atoms with Crippen molar-refractivity contribution >= 4 is 22.1 Å². The van der Waals surface area contributed by atoms with Crippen LogP contribution in [0.4, 0.5) is 0 Å². The van der Waals surface area contributed by atoms with Crippen LogP contribution >= 0.6 is 0 Å². The number of fused-ring (bicyclic) bond motifs is 3. The van der Waals surface area contributed by atoms with Gasteiger partial charge in [-0.15, -0.1) is 0 Å². The second kappa shape index (κ2) is 12.2. The molecule has 0 amide bonds. The summed E-state index contributed by atoms with van der Waals surface area (Å²) in [5.74, 6) is 0.488. The van der Waals surface area contributed by atoms with Gasteiger partial charge in [-0.2, -0.15) is 0 Å². The zero-order valence-corrected chi connectivity index (χ0v) is 25.9. The summed E-state index contributed by atoms with van der Waals surface area (Å²) >= 11 is 0. The summed E-state index contributed by atoms with van der Waals surface area (Å²) in [6.45, 7) is 0. The molecule has 7 aromatic carbocycles. The molecule has 0 saturated carbocycles. The molecule has 0 radical (unpaired) electrons. The highest BCUT2D eigenvalue weighted by atomic mass is 16.3. The minimum atomic E-state index is -0.621. The minimum absolute atomic E-state index is 0.0210. The van der Waals surface area contributed by atoms with Crippen LogP contribution in [0.3, 0.4) is 0 Å². The lowest BCUT2D eigenvalue weighted by Gasteiger charge is -2.10. The van der Waals surface area contributed by atoms with Crippen molar-refractivity contribution < 1.29 is 16.8 Å². The van der Waals surface area contributed by atoms with Gasteiger partial charge in [0.25, 0.3) is 0 Å². The average Bonchev–Trinajstić information content (AvgIpc) is 3.64. The molecule has 0 saturated heterocycles. The summed E-state index contributed by atoms with van der Waals surface area (Å²) in [5.41, 5.74) is 7.55. The zero-order chi connectivity index (χ0) is 40.4. The lowest BCUT2D eigenvalue weighted by Crippen LogP contribution is -1.94. The van der Waals surface area contributed by atoms with Gasteiger partial charge in [-0.1, -0.05) is 158 Å². The highest BCUT2D eigenvalue weighted by molar-refractivity contribution is 6.08. The van der Waals surface area contributed by atoms with Crippen LogP contribution in [0.15, 0.2) is 186 Å². The molecule has 0 spiro atoms. The molecular formula is C46H30N2O. The Morgan fingerprint density at radius 2 is 0.939 bits per heavy atom. The summed E-state index contributed by atoms with van der Waals surface area (Å²) in [4.78, 5) is 10.1. The van der Waals surface area contributed by atoms with E-state index in [0.29, 0.717) is 33.8 Å². The number of aromatic nitrogens is 2. The van der Waals surface area contributed by atoms with Crippen molar-refractivity contribution in [1.82, 2.24) is 9.97 Å². The molecule has 0 aliphatic carbocycles. The zero-order valence-electron chi connectivity index (χ0n) is 34.9. The molecule has 9 aromatic rings. The van der Waals surface area contributed by atoms with Crippen molar-refractivity contribution in [3.63, 3.8) is 0 Å². The van der Waals surface area contributed by atoms with Crippen molar-refractivity contribution in [3.8, 4) is 67.2 Å². The number of benzene rings is 7. The fourth-order valence-corrected chi connectivity index (χ4v) is 6.02. The highest BCUT2D eigenvalue weighted by Gasteiger charge is 2.19. The minimum Gasteiger partial charge on any atom is -0.452 e. The average molecular weight is 636 g/mol. The van der Waals surface area contributed by atoms with E-state index in [-0.39, 0.29) is 16.7 Å². The molecule has 0 fully saturated rings. The molecule has 3 heteroatoms. The Kier molecular flexibility index (Phi) is 5.14. The number of hydrogen-bond donors (Lipinski definition) is 0. The SMILES string of the molecule is [2H]c1c([2H])c([2H])c(-c2c([2H])c([2H])c(-c3cccc(-c4cccc(-c5nc(-c6ccccc6)c6oc7cc(-c8ccccc8)ccc7c6n5)c4)c3)c([2H])c2[2H])c([2H])c1[2H]. The van der Waals surface area contributed by atoms with E-state index in [1.807, 2.05) is 91.0 Å². The third-order valence-corrected chi connectivity index (χ3v) is 8.45. The van der Waals surface area contributed by atoms with Crippen molar-refractivity contribution in [1.29, 1.82) is 0 Å². The molecule has 0 bridgehead atoms. The van der Waals surface area contributed by atoms with Crippen LogP contribution in [-0.2, 0) is 0 Å². The summed E-state index contributed by atoms with van der Waals surface area (Å²) in [5, 5.41) is 0.858. The fourth-order valence-electron chi connectivity index (χ4n) is 6.02. The van der Waals surface area contributed by atoms with E-state index in [9.17, 15) is 0 Å². The molecule has 2 heterocycles. The first-order valence-corrected chi connectivity index (χ1v) is 15.8. The first-order valence-electron chi connectivity index (χ1n) is 20.3. The molecule has 0 N–H and O–H groups in total. The number of nitrogens with zero attached hydrogens (tertiary/aromatic N) is 2. The Morgan fingerprint density at radius 3 is 1.63 bits per heavy atom. The maximum Gasteiger partial charge on any atom is 0.180 e. The number of furan rings is 1. The monoisotopic (exact) mass is 635 g/mol. The highest BCUT2D eigenvalue weighted by Crippen LogP contribution is 2.38. The van der Waals surface area contributed by atoms with Crippen molar-refractivity contribution in [2.75, 3.05) is 0 Å². The van der Waals surface area contributed by atoms with Gasteiger partial charge in [0, 0.05) is 16.5 Å². The normalized spacial score (nSPS) is 13.8. The summed E-state index contributed by atoms with van der Waals surface area (Å²) in [7, 11) is 0. The summed E-state index contributed by atoms with van der Waals surface area (Å²) < 4.78 is 83.1. The van der Waals surface area contributed by atoms with Gasteiger partial charge in [-0.25, -0.2) is 9.97 Å². The van der Waals surface area contributed by atoms with Crippen LogP contribution in [0.5, 0.6) is 0 Å². The molecule has 3 nitrogen and oxygen atoms in total. The van der Waals surface area contributed by atoms with Crippen LogP contribution in [0.25, 0.3) is 89.2 Å². The molecule has 0 atom stereocenters. The quantitative estimate of drug-likeness (QED) is 0.182. The molecule has 0 aliphatic rings. The maximum atomic E-state index is 8.96.